The summed E-state index contributed by atoms with van der Waals surface area (Å²) < 4.78 is 18.8. The minimum Gasteiger partial charge on any atom is -0.489 e. The monoisotopic (exact) mass is 405 g/mol. The van der Waals surface area contributed by atoms with Crippen molar-refractivity contribution >= 4 is 23.7 Å². The Labute approximate surface area is 173 Å². The van der Waals surface area contributed by atoms with Gasteiger partial charge in [-0.2, -0.15) is 5.10 Å². The van der Waals surface area contributed by atoms with Gasteiger partial charge in [-0.15, -0.1) is 0 Å². The van der Waals surface area contributed by atoms with Gasteiger partial charge in [0.25, 0.3) is 0 Å². The Morgan fingerprint density at radius 1 is 1.00 bits per heavy atom. The zero-order chi connectivity index (χ0) is 21.3. The molecule has 3 aromatic carbocycles. The number of halogens is 1. The summed E-state index contributed by atoms with van der Waals surface area (Å²) in [7, 11) is 0. The largest absolute Gasteiger partial charge is 0.489 e. The van der Waals surface area contributed by atoms with Crippen molar-refractivity contribution in [2.75, 3.05) is 5.32 Å². The number of carbonyl (C=O) groups excluding carboxylic acids is 2. The molecule has 3 rings (SSSR count). The van der Waals surface area contributed by atoms with Gasteiger partial charge in [-0.25, -0.2) is 9.82 Å². The van der Waals surface area contributed by atoms with E-state index in [1.165, 1.54) is 18.3 Å². The second-order valence-electron chi connectivity index (χ2n) is 6.51. The van der Waals surface area contributed by atoms with Gasteiger partial charge < -0.3 is 10.1 Å². The highest BCUT2D eigenvalue weighted by molar-refractivity contribution is 6.39. The summed E-state index contributed by atoms with van der Waals surface area (Å²) in [6.07, 6.45) is 1.41. The number of nitrogens with zero attached hydrogens (tertiary/aromatic N) is 1. The van der Waals surface area contributed by atoms with Gasteiger partial charge in [0, 0.05) is 5.69 Å². The topological polar surface area (TPSA) is 79.8 Å². The van der Waals surface area contributed by atoms with Gasteiger partial charge in [-0.1, -0.05) is 29.8 Å². The number of carbonyl (C=O) groups is 2. The fraction of sp³-hybridized carbons (Fsp3) is 0.0870. The lowest BCUT2D eigenvalue weighted by atomic mass is 10.2. The van der Waals surface area contributed by atoms with Crippen LogP contribution in [0.25, 0.3) is 0 Å². The molecule has 0 saturated heterocycles. The first-order chi connectivity index (χ1) is 14.5. The molecule has 0 unspecified atom stereocenters. The van der Waals surface area contributed by atoms with E-state index < -0.39 is 11.8 Å². The number of amides is 2. The summed E-state index contributed by atoms with van der Waals surface area (Å²) in [5, 5.41) is 6.27. The Bertz CT molecular complexity index is 1050. The molecule has 0 spiro atoms. The molecule has 0 heterocycles. The Morgan fingerprint density at radius 2 is 1.73 bits per heavy atom. The van der Waals surface area contributed by atoms with E-state index in [0.717, 1.165) is 11.1 Å². The van der Waals surface area contributed by atoms with Gasteiger partial charge in [0.2, 0.25) is 0 Å². The highest BCUT2D eigenvalue weighted by atomic mass is 19.1. The van der Waals surface area contributed by atoms with Crippen molar-refractivity contribution in [3.05, 3.63) is 95.3 Å². The van der Waals surface area contributed by atoms with Crippen molar-refractivity contribution in [1.29, 1.82) is 0 Å². The quantitative estimate of drug-likeness (QED) is 0.372. The third-order valence-corrected chi connectivity index (χ3v) is 4.07. The maximum absolute atomic E-state index is 13.2. The van der Waals surface area contributed by atoms with E-state index >= 15 is 0 Å². The summed E-state index contributed by atoms with van der Waals surface area (Å²) >= 11 is 0. The van der Waals surface area contributed by atoms with Crippen LogP contribution in [0, 0.1) is 12.7 Å². The molecule has 0 bridgehead atoms. The molecular weight excluding hydrogens is 385 g/mol. The van der Waals surface area contributed by atoms with Crippen molar-refractivity contribution < 1.29 is 18.7 Å². The second-order valence-corrected chi connectivity index (χ2v) is 6.51. The molecule has 0 aliphatic carbocycles. The number of rotatable bonds is 6. The summed E-state index contributed by atoms with van der Waals surface area (Å²) in [4.78, 5) is 23.7. The smallest absolute Gasteiger partial charge is 0.329 e. The van der Waals surface area contributed by atoms with E-state index in [-0.39, 0.29) is 12.4 Å². The standard InChI is InChI=1S/C23H20FN3O3/c1-16-5-9-20(10-6-16)26-22(28)23(29)27-25-14-17-7-11-21(12-8-17)30-15-18-3-2-4-19(24)13-18/h2-14H,15H2,1H3,(H,26,28)(H,27,29)/b25-14+. The van der Waals surface area contributed by atoms with Crippen LogP contribution in [-0.2, 0) is 16.2 Å². The molecule has 0 aliphatic heterocycles. The lowest BCUT2D eigenvalue weighted by molar-refractivity contribution is -0.136. The summed E-state index contributed by atoms with van der Waals surface area (Å²) in [5.41, 5.74) is 5.19. The fourth-order valence-electron chi connectivity index (χ4n) is 2.48. The van der Waals surface area contributed by atoms with Crippen LogP contribution >= 0.6 is 0 Å². The zero-order valence-electron chi connectivity index (χ0n) is 16.3. The molecule has 0 aliphatic rings. The van der Waals surface area contributed by atoms with E-state index in [2.05, 4.69) is 15.8 Å². The number of ether oxygens (including phenoxy) is 1. The van der Waals surface area contributed by atoms with E-state index in [4.69, 9.17) is 4.74 Å². The van der Waals surface area contributed by atoms with Gasteiger partial charge in [0.1, 0.15) is 18.2 Å². The first-order valence-corrected chi connectivity index (χ1v) is 9.18. The maximum atomic E-state index is 13.2. The molecule has 0 atom stereocenters. The molecule has 0 saturated carbocycles. The molecule has 2 N–H and O–H groups in total. The molecule has 7 heteroatoms. The summed E-state index contributed by atoms with van der Waals surface area (Å²) in [6, 6.07) is 20.2. The van der Waals surface area contributed by atoms with Gasteiger partial charge in [-0.3, -0.25) is 9.59 Å². The van der Waals surface area contributed by atoms with Crippen LogP contribution in [0.5, 0.6) is 5.75 Å². The molecule has 0 radical (unpaired) electrons. The lowest BCUT2D eigenvalue weighted by Crippen LogP contribution is -2.32. The lowest BCUT2D eigenvalue weighted by Gasteiger charge is -2.06. The predicted octanol–water partition coefficient (Wildman–Crippen LogP) is 3.80. The van der Waals surface area contributed by atoms with Gasteiger partial charge in [0.05, 0.1) is 6.21 Å². The predicted molar refractivity (Wildman–Crippen MR) is 113 cm³/mol. The molecule has 152 valence electrons. The van der Waals surface area contributed by atoms with Crippen molar-refractivity contribution in [2.24, 2.45) is 5.10 Å². The van der Waals surface area contributed by atoms with Crippen LogP contribution in [0.4, 0.5) is 10.1 Å². The Kier molecular flexibility index (Phi) is 6.89. The third kappa shape index (κ3) is 6.27. The number of anilines is 1. The number of aryl methyl sites for hydroxylation is 1. The number of benzene rings is 3. The summed E-state index contributed by atoms with van der Waals surface area (Å²) in [5.74, 6) is -1.38. The molecule has 0 fully saturated rings. The molecule has 6 nitrogen and oxygen atoms in total. The number of hydrogen-bond acceptors (Lipinski definition) is 4. The minimum atomic E-state index is -0.873. The van der Waals surface area contributed by atoms with E-state index in [0.29, 0.717) is 17.0 Å². The van der Waals surface area contributed by atoms with E-state index in [9.17, 15) is 14.0 Å². The van der Waals surface area contributed by atoms with Crippen LogP contribution in [0.1, 0.15) is 16.7 Å². The Balaban J connectivity index is 1.46. The molecule has 0 aromatic heterocycles. The zero-order valence-corrected chi connectivity index (χ0v) is 16.3. The van der Waals surface area contributed by atoms with Crippen LogP contribution in [-0.4, -0.2) is 18.0 Å². The molecule has 2 amide bonds. The normalized spacial score (nSPS) is 10.6. The highest BCUT2D eigenvalue weighted by Crippen LogP contribution is 2.14. The Morgan fingerprint density at radius 3 is 2.43 bits per heavy atom. The first kappa shape index (κ1) is 20.7. The summed E-state index contributed by atoms with van der Waals surface area (Å²) in [6.45, 7) is 2.17. The van der Waals surface area contributed by atoms with E-state index in [1.807, 2.05) is 19.1 Å². The number of hydrogen-bond donors (Lipinski definition) is 2. The average Bonchev–Trinajstić information content (AvgIpc) is 2.75. The van der Waals surface area contributed by atoms with Gasteiger partial charge >= 0.3 is 11.8 Å². The van der Waals surface area contributed by atoms with Crippen LogP contribution in [0.3, 0.4) is 0 Å². The first-order valence-electron chi connectivity index (χ1n) is 9.18. The Hall–Kier alpha value is -4.00. The minimum absolute atomic E-state index is 0.247. The number of hydrazone groups is 1. The van der Waals surface area contributed by atoms with Crippen molar-refractivity contribution in [2.45, 2.75) is 13.5 Å². The van der Waals surface area contributed by atoms with Crippen LogP contribution < -0.4 is 15.5 Å². The van der Waals surface area contributed by atoms with Gasteiger partial charge in [0.15, 0.2) is 0 Å². The average molecular weight is 405 g/mol. The number of nitrogens with one attached hydrogen (secondary N) is 2. The van der Waals surface area contributed by atoms with Crippen LogP contribution in [0.2, 0.25) is 0 Å². The fourth-order valence-corrected chi connectivity index (χ4v) is 2.48. The highest BCUT2D eigenvalue weighted by Gasteiger charge is 2.12. The molecular formula is C23H20FN3O3. The third-order valence-electron chi connectivity index (χ3n) is 4.07. The SMILES string of the molecule is Cc1ccc(NC(=O)C(=O)N/N=C/c2ccc(OCc3cccc(F)c3)cc2)cc1. The molecule has 30 heavy (non-hydrogen) atoms. The molecule has 3 aromatic rings. The van der Waals surface area contributed by atoms with Crippen molar-refractivity contribution in [1.82, 2.24) is 5.43 Å². The maximum Gasteiger partial charge on any atom is 0.329 e. The van der Waals surface area contributed by atoms with Gasteiger partial charge in [-0.05, 0) is 66.6 Å². The van der Waals surface area contributed by atoms with Crippen molar-refractivity contribution in [3.63, 3.8) is 0 Å². The second kappa shape index (κ2) is 9.97. The van der Waals surface area contributed by atoms with Crippen molar-refractivity contribution in [3.8, 4) is 5.75 Å². The van der Waals surface area contributed by atoms with Crippen LogP contribution in [0.15, 0.2) is 77.9 Å². The van der Waals surface area contributed by atoms with E-state index in [1.54, 1.807) is 48.5 Å².